The second-order valence-electron chi connectivity index (χ2n) is 9.21. The summed E-state index contributed by atoms with van der Waals surface area (Å²) in [5.41, 5.74) is 3.79. The summed E-state index contributed by atoms with van der Waals surface area (Å²) < 4.78 is 47.5. The molecule has 3 aliphatic heterocycles. The van der Waals surface area contributed by atoms with Crippen molar-refractivity contribution in [2.75, 3.05) is 0 Å². The van der Waals surface area contributed by atoms with Gasteiger partial charge in [0.05, 0.1) is 4.90 Å². The van der Waals surface area contributed by atoms with Crippen LogP contribution in [0.1, 0.15) is 26.3 Å². The van der Waals surface area contributed by atoms with E-state index in [4.69, 9.17) is 19.5 Å². The van der Waals surface area contributed by atoms with Crippen LogP contribution in [0.5, 0.6) is 0 Å². The van der Waals surface area contributed by atoms with Crippen LogP contribution in [0.2, 0.25) is 0 Å². The van der Waals surface area contributed by atoms with E-state index >= 15 is 0 Å². The van der Waals surface area contributed by atoms with Crippen molar-refractivity contribution < 1.29 is 56.6 Å². The summed E-state index contributed by atoms with van der Waals surface area (Å²) in [5.74, 6) is -5.23. The monoisotopic (exact) mass is 585 g/mol. The number of hydroxylamine groups is 2. The Hall–Kier alpha value is -3.81. The van der Waals surface area contributed by atoms with Crippen molar-refractivity contribution in [3.8, 4) is 0 Å². The highest BCUT2D eigenvalue weighted by atomic mass is 32.2. The Labute approximate surface area is 227 Å². The van der Waals surface area contributed by atoms with E-state index in [0.29, 0.717) is 16.3 Å². The molecule has 6 atom stereocenters. The summed E-state index contributed by atoms with van der Waals surface area (Å²) in [4.78, 5) is 41.2. The minimum atomic E-state index is -4.69. The topological polar surface area (TPSA) is 240 Å². The number of carbonyl (C=O) groups is 3. The number of ether oxygens (including phenoxy) is 3. The fourth-order valence-electron chi connectivity index (χ4n) is 4.52. The molecule has 0 radical (unpaired) electrons. The molecule has 1 aromatic carbocycles. The Morgan fingerprint density at radius 2 is 1.82 bits per heavy atom. The van der Waals surface area contributed by atoms with Gasteiger partial charge in [-0.1, -0.05) is 17.7 Å². The Bertz CT molecular complexity index is 1400. The fraction of sp³-hybridized carbons (Fsp3) is 0.455. The number of carbonyl (C=O) groups excluding carboxylic acids is 3. The third-order valence-electron chi connectivity index (χ3n) is 6.29. The Balaban J connectivity index is 1.85. The van der Waals surface area contributed by atoms with Crippen LogP contribution in [-0.4, -0.2) is 94.2 Å². The van der Waals surface area contributed by atoms with E-state index in [9.17, 15) is 38.1 Å². The van der Waals surface area contributed by atoms with Crippen molar-refractivity contribution in [3.05, 3.63) is 41.3 Å². The van der Waals surface area contributed by atoms with Gasteiger partial charge >= 0.3 is 33.9 Å². The van der Waals surface area contributed by atoms with E-state index < -0.39 is 75.8 Å². The molecule has 3 heterocycles. The summed E-state index contributed by atoms with van der Waals surface area (Å²) in [6, 6.07) is 4.31. The van der Waals surface area contributed by atoms with Crippen LogP contribution >= 0.6 is 0 Å². The van der Waals surface area contributed by atoms with Crippen molar-refractivity contribution in [3.63, 3.8) is 0 Å². The molecular formula is C22H27N5O12S. The summed E-state index contributed by atoms with van der Waals surface area (Å²) >= 11 is 0. The number of aliphatic imine (C=N–C) groups is 1. The second-order valence-corrected chi connectivity index (χ2v) is 10.7. The number of rotatable bonds is 7. The first kappa shape index (κ1) is 29.2. The van der Waals surface area contributed by atoms with Gasteiger partial charge in [-0.2, -0.15) is 13.5 Å². The van der Waals surface area contributed by atoms with Crippen LogP contribution in [0, 0.1) is 6.92 Å². The maximum absolute atomic E-state index is 13.4. The van der Waals surface area contributed by atoms with Crippen molar-refractivity contribution in [1.82, 2.24) is 15.3 Å². The van der Waals surface area contributed by atoms with Crippen molar-refractivity contribution in [2.24, 2.45) is 10.7 Å². The van der Waals surface area contributed by atoms with Gasteiger partial charge in [0.25, 0.3) is 0 Å². The maximum atomic E-state index is 13.4. The average Bonchev–Trinajstić information content (AvgIpc) is 3.27. The molecule has 40 heavy (non-hydrogen) atoms. The highest BCUT2D eigenvalue weighted by Crippen LogP contribution is 2.47. The van der Waals surface area contributed by atoms with Crippen LogP contribution in [0.3, 0.4) is 0 Å². The van der Waals surface area contributed by atoms with Crippen LogP contribution in [0.25, 0.3) is 0 Å². The third kappa shape index (κ3) is 4.63. The summed E-state index contributed by atoms with van der Waals surface area (Å²) in [6.45, 7) is 4.68. The third-order valence-corrected chi connectivity index (χ3v) is 7.50. The summed E-state index contributed by atoms with van der Waals surface area (Å²) in [6.07, 6.45) is -7.26. The molecule has 0 bridgehead atoms. The van der Waals surface area contributed by atoms with Gasteiger partial charge in [-0.3, -0.25) is 9.59 Å². The average molecular weight is 586 g/mol. The van der Waals surface area contributed by atoms with Crippen LogP contribution in [0.15, 0.2) is 45.7 Å². The first-order valence-corrected chi connectivity index (χ1v) is 13.0. The number of fused-ring (bicyclic) bond motifs is 1. The van der Waals surface area contributed by atoms with Gasteiger partial charge in [-0.25, -0.2) is 14.7 Å². The molecule has 6 N–H and O–H groups in total. The number of urea groups is 1. The maximum Gasteiger partial charge on any atom is 0.344 e. The standard InChI is InChI=1S/C22H27N5O12S/c1-10-5-7-13(8-6-10)40(34,35)39-26-9-24-18(23)16-22(26,37-12(3)29)27(20(33)25-16)21(4)17(31)14(30)15(38-21)19(32)36-11(2)28/h5-9,14-15,17,19,30-32H,23H2,1-4H3,(H,25,33)/t14-,15+,17-,19?,21-,22?/m1/s1. The van der Waals surface area contributed by atoms with E-state index in [2.05, 4.69) is 15.0 Å². The molecule has 218 valence electrons. The number of aryl methyl sites for hydroxylation is 1. The number of hydrogen-bond donors (Lipinski definition) is 5. The number of benzene rings is 1. The van der Waals surface area contributed by atoms with Crippen LogP contribution in [0.4, 0.5) is 4.79 Å². The zero-order valence-electron chi connectivity index (χ0n) is 21.5. The van der Waals surface area contributed by atoms with E-state index in [1.807, 2.05) is 0 Å². The lowest BCUT2D eigenvalue weighted by Gasteiger charge is -2.48. The smallest absolute Gasteiger partial charge is 0.344 e. The molecule has 4 rings (SSSR count). The number of nitrogens with zero attached hydrogens (tertiary/aromatic N) is 3. The first-order valence-electron chi connectivity index (χ1n) is 11.6. The lowest BCUT2D eigenvalue weighted by Crippen LogP contribution is -2.70. The minimum Gasteiger partial charge on any atom is -0.433 e. The number of amides is 2. The largest absolute Gasteiger partial charge is 0.433 e. The molecule has 18 heteroatoms. The van der Waals surface area contributed by atoms with Crippen LogP contribution in [-0.2, 0) is 38.2 Å². The Kier molecular flexibility index (Phi) is 7.28. The Morgan fingerprint density at radius 3 is 2.40 bits per heavy atom. The van der Waals surface area contributed by atoms with E-state index in [1.54, 1.807) is 6.92 Å². The molecule has 2 fully saturated rings. The number of esters is 2. The SMILES string of the molecule is CC(=O)OC(O)[C@H]1O[C@@](C)(N2C(=O)NC3=C(N)N=CN(OS(=O)(=O)c4ccc(C)cc4)C32OC(C)=O)[C@H](O)[C@@H]1O. The molecule has 0 saturated carbocycles. The lowest BCUT2D eigenvalue weighted by atomic mass is 10.0. The predicted molar refractivity (Wildman–Crippen MR) is 129 cm³/mol. The van der Waals surface area contributed by atoms with Crippen LogP contribution < -0.4 is 11.1 Å². The molecule has 2 saturated heterocycles. The summed E-state index contributed by atoms with van der Waals surface area (Å²) in [7, 11) is -4.69. The second kappa shape index (κ2) is 9.98. The van der Waals surface area contributed by atoms with Gasteiger partial charge in [0, 0.05) is 13.8 Å². The molecule has 3 aliphatic rings. The molecule has 17 nitrogen and oxygen atoms in total. The predicted octanol–water partition coefficient (Wildman–Crippen LogP) is -1.95. The van der Waals surface area contributed by atoms with Gasteiger partial charge < -0.3 is 40.6 Å². The van der Waals surface area contributed by atoms with Crippen molar-refractivity contribution >= 4 is 34.4 Å². The zero-order valence-corrected chi connectivity index (χ0v) is 22.4. The highest BCUT2D eigenvalue weighted by molar-refractivity contribution is 7.86. The molecule has 0 spiro atoms. The summed E-state index contributed by atoms with van der Waals surface area (Å²) in [5, 5.41) is 34.6. The van der Waals surface area contributed by atoms with E-state index in [0.717, 1.165) is 26.3 Å². The molecular weight excluding hydrogens is 558 g/mol. The van der Waals surface area contributed by atoms with Gasteiger partial charge in [0.2, 0.25) is 6.29 Å². The zero-order chi connectivity index (χ0) is 29.8. The van der Waals surface area contributed by atoms with Crippen molar-refractivity contribution in [1.29, 1.82) is 0 Å². The van der Waals surface area contributed by atoms with Gasteiger partial charge in [0.1, 0.15) is 18.5 Å². The van der Waals surface area contributed by atoms with Crippen molar-refractivity contribution in [2.45, 2.75) is 68.8 Å². The number of nitrogens with two attached hydrogens (primary N) is 1. The Morgan fingerprint density at radius 1 is 1.20 bits per heavy atom. The fourth-order valence-corrected chi connectivity index (χ4v) is 5.43. The number of hydrogen-bond acceptors (Lipinski definition) is 15. The van der Waals surface area contributed by atoms with Gasteiger partial charge in [-0.15, -0.1) is 4.28 Å². The van der Waals surface area contributed by atoms with Gasteiger partial charge in [0.15, 0.2) is 23.3 Å². The van der Waals surface area contributed by atoms with Gasteiger partial charge in [-0.05, 0) is 26.0 Å². The molecule has 0 aliphatic carbocycles. The van der Waals surface area contributed by atoms with E-state index in [-0.39, 0.29) is 4.90 Å². The van der Waals surface area contributed by atoms with E-state index in [1.165, 1.54) is 24.3 Å². The normalized spacial score (nSPS) is 30.7. The molecule has 2 amide bonds. The molecule has 1 aromatic rings. The lowest BCUT2D eigenvalue weighted by molar-refractivity contribution is -0.302. The number of nitrogens with one attached hydrogen (secondary N) is 1. The number of aliphatic hydroxyl groups is 3. The highest BCUT2D eigenvalue weighted by Gasteiger charge is 2.71. The molecule has 2 unspecified atom stereocenters. The first-order chi connectivity index (χ1) is 18.5. The quantitative estimate of drug-likeness (QED) is 0.173. The minimum absolute atomic E-state index is 0.319. The number of aliphatic hydroxyl groups excluding tert-OH is 3. The molecule has 0 aromatic heterocycles.